The molecule has 2 N–H and O–H groups in total. The normalized spacial score (nSPS) is 20.0. The number of nitrogens with two attached hydrogens (primary N) is 1. The second kappa shape index (κ2) is 7.31. The van der Waals surface area contributed by atoms with E-state index >= 15 is 0 Å². The van der Waals surface area contributed by atoms with Crippen LogP contribution in [0.15, 0.2) is 24.3 Å². The Hall–Kier alpha value is -1.75. The molecule has 5 nitrogen and oxygen atoms in total. The number of ether oxygens (including phenoxy) is 2. The van der Waals surface area contributed by atoms with Gasteiger partial charge in [-0.1, -0.05) is 6.07 Å². The second-order valence-electron chi connectivity index (χ2n) is 5.48. The zero-order valence-corrected chi connectivity index (χ0v) is 12.7. The quantitative estimate of drug-likeness (QED) is 0.899. The van der Waals surface area contributed by atoms with Gasteiger partial charge >= 0.3 is 0 Å². The molecule has 0 radical (unpaired) electrons. The van der Waals surface area contributed by atoms with E-state index in [0.717, 1.165) is 25.8 Å². The van der Waals surface area contributed by atoms with E-state index < -0.39 is 0 Å². The van der Waals surface area contributed by atoms with Gasteiger partial charge in [0.15, 0.2) is 6.61 Å². The molecule has 116 valence electrons. The van der Waals surface area contributed by atoms with Gasteiger partial charge in [0.25, 0.3) is 5.91 Å². The van der Waals surface area contributed by atoms with Crippen LogP contribution in [-0.2, 0) is 4.79 Å². The Morgan fingerprint density at radius 3 is 2.90 bits per heavy atom. The van der Waals surface area contributed by atoms with Crippen LogP contribution in [0.4, 0.5) is 0 Å². The molecule has 0 aliphatic carbocycles. The molecule has 21 heavy (non-hydrogen) atoms. The first kappa shape index (κ1) is 15.6. The average Bonchev–Trinajstić information content (AvgIpc) is 2.52. The smallest absolute Gasteiger partial charge is 0.260 e. The van der Waals surface area contributed by atoms with Gasteiger partial charge in [-0.15, -0.1) is 0 Å². The molecule has 1 fully saturated rings. The van der Waals surface area contributed by atoms with Crippen molar-refractivity contribution < 1.29 is 14.3 Å². The molecule has 1 aromatic rings. The highest BCUT2D eigenvalue weighted by molar-refractivity contribution is 5.78. The lowest BCUT2D eigenvalue weighted by molar-refractivity contribution is -0.137. The molecular formula is C16H24N2O3. The van der Waals surface area contributed by atoms with Gasteiger partial charge in [0, 0.05) is 24.7 Å². The predicted octanol–water partition coefficient (Wildman–Crippen LogP) is 1.80. The number of rotatable bonds is 5. The van der Waals surface area contributed by atoms with Gasteiger partial charge in [-0.2, -0.15) is 0 Å². The van der Waals surface area contributed by atoms with Gasteiger partial charge in [0.05, 0.1) is 7.11 Å². The number of carbonyl (C=O) groups is 1. The highest BCUT2D eigenvalue weighted by Crippen LogP contribution is 2.21. The van der Waals surface area contributed by atoms with E-state index in [1.54, 1.807) is 13.2 Å². The maximum atomic E-state index is 12.4. The number of hydrogen-bond acceptors (Lipinski definition) is 4. The van der Waals surface area contributed by atoms with Gasteiger partial charge < -0.3 is 20.1 Å². The lowest BCUT2D eigenvalue weighted by atomic mass is 9.97. The van der Waals surface area contributed by atoms with Crippen LogP contribution in [0, 0.1) is 0 Å². The number of amides is 1. The van der Waals surface area contributed by atoms with Crippen molar-refractivity contribution in [1.29, 1.82) is 0 Å². The Kier molecular flexibility index (Phi) is 5.44. The van der Waals surface area contributed by atoms with Crippen LogP contribution in [0.5, 0.6) is 11.5 Å². The van der Waals surface area contributed by atoms with Crippen LogP contribution in [0.3, 0.4) is 0 Å². The summed E-state index contributed by atoms with van der Waals surface area (Å²) in [6, 6.07) is 7.38. The Balaban J connectivity index is 1.93. The third-order valence-electron chi connectivity index (χ3n) is 3.88. The maximum absolute atomic E-state index is 12.4. The minimum Gasteiger partial charge on any atom is -0.497 e. The summed E-state index contributed by atoms with van der Waals surface area (Å²) >= 11 is 0. The lowest BCUT2D eigenvalue weighted by Gasteiger charge is -2.38. The molecule has 0 unspecified atom stereocenters. The number of nitrogens with zero attached hydrogens (tertiary/aromatic N) is 1. The molecule has 1 aliphatic heterocycles. The summed E-state index contributed by atoms with van der Waals surface area (Å²) in [5, 5.41) is 0. The third kappa shape index (κ3) is 4.11. The fourth-order valence-corrected chi connectivity index (χ4v) is 2.73. The molecule has 1 saturated heterocycles. The molecule has 1 aliphatic rings. The van der Waals surface area contributed by atoms with Crippen molar-refractivity contribution in [3.05, 3.63) is 24.3 Å². The molecule has 1 aromatic carbocycles. The molecule has 0 aromatic heterocycles. The minimum atomic E-state index is -0.00827. The summed E-state index contributed by atoms with van der Waals surface area (Å²) in [5.41, 5.74) is 5.99. The van der Waals surface area contributed by atoms with Crippen molar-refractivity contribution in [1.82, 2.24) is 4.90 Å². The highest BCUT2D eigenvalue weighted by Gasteiger charge is 2.29. The summed E-state index contributed by atoms with van der Waals surface area (Å²) < 4.78 is 10.7. The first-order valence-corrected chi connectivity index (χ1v) is 7.43. The minimum absolute atomic E-state index is 0.000167. The van der Waals surface area contributed by atoms with E-state index in [1.165, 1.54) is 0 Å². The van der Waals surface area contributed by atoms with Crippen molar-refractivity contribution >= 4 is 5.91 Å². The molecule has 0 saturated carbocycles. The van der Waals surface area contributed by atoms with Crippen LogP contribution < -0.4 is 15.2 Å². The van der Waals surface area contributed by atoms with Crippen LogP contribution in [0.1, 0.15) is 26.2 Å². The van der Waals surface area contributed by atoms with Gasteiger partial charge in [0.1, 0.15) is 11.5 Å². The molecule has 1 amide bonds. The zero-order valence-electron chi connectivity index (χ0n) is 12.7. The molecule has 0 bridgehead atoms. The fraction of sp³-hybridized carbons (Fsp3) is 0.562. The van der Waals surface area contributed by atoms with E-state index in [4.69, 9.17) is 15.2 Å². The standard InChI is InChI=1S/C16H24N2O3/c1-12(17)15-8-3-4-9-18(15)16(19)11-21-14-7-5-6-13(10-14)20-2/h5-7,10,12,15H,3-4,8-9,11,17H2,1-2H3/t12-,15+/m1/s1. The first-order chi connectivity index (χ1) is 10.1. The molecule has 0 spiro atoms. The van der Waals surface area contributed by atoms with Crippen LogP contribution >= 0.6 is 0 Å². The number of benzene rings is 1. The number of likely N-dealkylation sites (tertiary alicyclic amines) is 1. The number of carbonyl (C=O) groups excluding carboxylic acids is 1. The number of hydrogen-bond donors (Lipinski definition) is 1. The van der Waals surface area contributed by atoms with E-state index in [-0.39, 0.29) is 24.6 Å². The summed E-state index contributed by atoms with van der Waals surface area (Å²) in [6.45, 7) is 2.77. The highest BCUT2D eigenvalue weighted by atomic mass is 16.5. The third-order valence-corrected chi connectivity index (χ3v) is 3.88. The predicted molar refractivity (Wildman–Crippen MR) is 81.5 cm³/mol. The molecule has 1 heterocycles. The molecule has 2 rings (SSSR count). The van der Waals surface area contributed by atoms with Crippen LogP contribution in [-0.4, -0.2) is 43.2 Å². The summed E-state index contributed by atoms with van der Waals surface area (Å²) in [5.74, 6) is 1.35. The van der Waals surface area contributed by atoms with E-state index in [2.05, 4.69) is 0 Å². The lowest BCUT2D eigenvalue weighted by Crippen LogP contribution is -2.52. The van der Waals surface area contributed by atoms with E-state index in [9.17, 15) is 4.79 Å². The topological polar surface area (TPSA) is 64.8 Å². The first-order valence-electron chi connectivity index (χ1n) is 7.43. The van der Waals surface area contributed by atoms with Crippen molar-refractivity contribution in [2.45, 2.75) is 38.3 Å². The number of piperidine rings is 1. The van der Waals surface area contributed by atoms with Gasteiger partial charge in [-0.25, -0.2) is 0 Å². The van der Waals surface area contributed by atoms with Crippen molar-refractivity contribution in [3.63, 3.8) is 0 Å². The maximum Gasteiger partial charge on any atom is 0.260 e. The van der Waals surface area contributed by atoms with E-state index in [1.807, 2.05) is 30.0 Å². The molecular weight excluding hydrogens is 268 g/mol. The van der Waals surface area contributed by atoms with Crippen molar-refractivity contribution in [2.24, 2.45) is 5.73 Å². The summed E-state index contributed by atoms with van der Waals surface area (Å²) in [6.07, 6.45) is 3.14. The van der Waals surface area contributed by atoms with Gasteiger partial charge in [-0.05, 0) is 38.3 Å². The molecule has 5 heteroatoms. The molecule has 2 atom stereocenters. The Morgan fingerprint density at radius 2 is 2.19 bits per heavy atom. The zero-order chi connectivity index (χ0) is 15.2. The summed E-state index contributed by atoms with van der Waals surface area (Å²) in [4.78, 5) is 14.2. The fourth-order valence-electron chi connectivity index (χ4n) is 2.73. The van der Waals surface area contributed by atoms with Crippen LogP contribution in [0.25, 0.3) is 0 Å². The average molecular weight is 292 g/mol. The second-order valence-corrected chi connectivity index (χ2v) is 5.48. The van der Waals surface area contributed by atoms with Gasteiger partial charge in [-0.3, -0.25) is 4.79 Å². The Bertz CT molecular complexity index is 476. The van der Waals surface area contributed by atoms with Crippen LogP contribution in [0.2, 0.25) is 0 Å². The monoisotopic (exact) mass is 292 g/mol. The number of methoxy groups -OCH3 is 1. The van der Waals surface area contributed by atoms with E-state index in [0.29, 0.717) is 11.5 Å². The Morgan fingerprint density at radius 1 is 1.43 bits per heavy atom. The largest absolute Gasteiger partial charge is 0.497 e. The van der Waals surface area contributed by atoms with Crippen molar-refractivity contribution in [3.8, 4) is 11.5 Å². The van der Waals surface area contributed by atoms with Crippen molar-refractivity contribution in [2.75, 3.05) is 20.3 Å². The Labute approximate surface area is 126 Å². The summed E-state index contributed by atoms with van der Waals surface area (Å²) in [7, 11) is 1.60. The van der Waals surface area contributed by atoms with Gasteiger partial charge in [0.2, 0.25) is 0 Å². The SMILES string of the molecule is COc1cccc(OCC(=O)N2CCCC[C@H]2[C@@H](C)N)c1.